The van der Waals surface area contributed by atoms with Crippen molar-refractivity contribution < 1.29 is 14.6 Å². The molecule has 26 heavy (non-hydrogen) atoms. The van der Waals surface area contributed by atoms with Gasteiger partial charge in [0.2, 0.25) is 5.90 Å². The molecule has 0 aromatic heterocycles. The molecular formula is C21H22N2O3. The number of carbonyl (C=O) groups is 1. The third kappa shape index (κ3) is 3.22. The topological polar surface area (TPSA) is 62.1 Å². The van der Waals surface area contributed by atoms with Gasteiger partial charge in [-0.25, -0.2) is 4.99 Å². The molecule has 0 aliphatic carbocycles. The summed E-state index contributed by atoms with van der Waals surface area (Å²) in [4.78, 5) is 19.6. The van der Waals surface area contributed by atoms with Gasteiger partial charge in [-0.3, -0.25) is 4.79 Å². The fourth-order valence-corrected chi connectivity index (χ4v) is 3.72. The fraction of sp³-hybridized carbons (Fsp3) is 0.333. The fourth-order valence-electron chi connectivity index (χ4n) is 3.72. The largest absolute Gasteiger partial charge is 0.471 e. The highest BCUT2D eigenvalue weighted by molar-refractivity contribution is 5.99. The number of ether oxygens (including phenoxy) is 1. The number of hydrogen-bond acceptors (Lipinski definition) is 4. The smallest absolute Gasteiger partial charge is 0.251 e. The van der Waals surface area contributed by atoms with Crippen LogP contribution < -0.4 is 0 Å². The van der Waals surface area contributed by atoms with Crippen LogP contribution in [-0.4, -0.2) is 46.6 Å². The predicted octanol–water partition coefficient (Wildman–Crippen LogP) is 2.38. The third-order valence-electron chi connectivity index (χ3n) is 5.03. The Balaban J connectivity index is 1.59. The second-order valence-electron chi connectivity index (χ2n) is 6.75. The molecule has 134 valence electrons. The normalized spacial score (nSPS) is 24.8. The monoisotopic (exact) mass is 350 g/mol. The maximum absolute atomic E-state index is 13.1. The van der Waals surface area contributed by atoms with Crippen molar-refractivity contribution in [3.05, 3.63) is 71.8 Å². The maximum atomic E-state index is 13.1. The second kappa shape index (κ2) is 7.30. The predicted molar refractivity (Wildman–Crippen MR) is 98.7 cm³/mol. The van der Waals surface area contributed by atoms with Gasteiger partial charge in [-0.2, -0.15) is 0 Å². The lowest BCUT2D eigenvalue weighted by atomic mass is 9.92. The van der Waals surface area contributed by atoms with Crippen LogP contribution in [0.3, 0.4) is 0 Å². The molecule has 1 fully saturated rings. The number of aliphatic hydroxyl groups is 1. The molecule has 1 N–H and O–H groups in total. The van der Waals surface area contributed by atoms with Gasteiger partial charge in [-0.15, -0.1) is 0 Å². The summed E-state index contributed by atoms with van der Waals surface area (Å²) in [6.07, 6.45) is 0.983. The van der Waals surface area contributed by atoms with Gasteiger partial charge < -0.3 is 14.7 Å². The molecule has 2 aliphatic heterocycles. The summed E-state index contributed by atoms with van der Waals surface area (Å²) >= 11 is 0. The Morgan fingerprint density at radius 3 is 2.46 bits per heavy atom. The average molecular weight is 350 g/mol. The van der Waals surface area contributed by atoms with E-state index in [9.17, 15) is 9.90 Å². The van der Waals surface area contributed by atoms with E-state index in [1.54, 1.807) is 0 Å². The van der Waals surface area contributed by atoms with Gasteiger partial charge in [0.1, 0.15) is 6.10 Å². The van der Waals surface area contributed by atoms with Gasteiger partial charge in [0.05, 0.1) is 0 Å². The number of amides is 1. The van der Waals surface area contributed by atoms with Crippen LogP contribution in [0, 0.1) is 0 Å². The van der Waals surface area contributed by atoms with E-state index in [1.807, 2.05) is 65.6 Å². The zero-order chi connectivity index (χ0) is 17.9. The van der Waals surface area contributed by atoms with E-state index in [4.69, 9.17) is 4.74 Å². The number of piperidine rings is 1. The first kappa shape index (κ1) is 16.8. The van der Waals surface area contributed by atoms with Gasteiger partial charge in [0, 0.05) is 31.2 Å². The van der Waals surface area contributed by atoms with Crippen molar-refractivity contribution in [3.63, 3.8) is 0 Å². The zero-order valence-corrected chi connectivity index (χ0v) is 14.5. The van der Waals surface area contributed by atoms with E-state index in [-0.39, 0.29) is 24.7 Å². The van der Waals surface area contributed by atoms with E-state index in [0.29, 0.717) is 25.3 Å². The molecule has 0 spiro atoms. The minimum atomic E-state index is -0.496. The number of fused-ring (bicyclic) bond motifs is 1. The Bertz CT molecular complexity index is 791. The van der Waals surface area contributed by atoms with Gasteiger partial charge in [0.15, 0.2) is 6.04 Å². The number of aliphatic hydroxyl groups excluding tert-OH is 1. The van der Waals surface area contributed by atoms with Crippen molar-refractivity contribution in [2.24, 2.45) is 4.99 Å². The summed E-state index contributed by atoms with van der Waals surface area (Å²) in [6.45, 7) is 0.580. The molecule has 0 radical (unpaired) electrons. The first-order valence-corrected chi connectivity index (χ1v) is 9.01. The number of hydrogen-bond donors (Lipinski definition) is 1. The quantitative estimate of drug-likeness (QED) is 0.901. The summed E-state index contributed by atoms with van der Waals surface area (Å²) < 4.78 is 6.02. The molecule has 1 saturated heterocycles. The summed E-state index contributed by atoms with van der Waals surface area (Å²) in [5, 5.41) is 9.45. The number of benzene rings is 2. The molecular weight excluding hydrogens is 328 g/mol. The maximum Gasteiger partial charge on any atom is 0.251 e. The van der Waals surface area contributed by atoms with Crippen molar-refractivity contribution in [2.45, 2.75) is 37.6 Å². The average Bonchev–Trinajstić information content (AvgIpc) is 3.11. The number of rotatable bonds is 5. The van der Waals surface area contributed by atoms with Gasteiger partial charge in [-0.1, -0.05) is 48.5 Å². The highest BCUT2D eigenvalue weighted by Crippen LogP contribution is 2.32. The standard InChI is InChI=1S/C21H22N2O3/c24-12-11-17-13-18-19(22-20(26-18)16-9-5-2-6-10-16)21(25)23(17)14-15-7-3-1-4-8-15/h1-10,17-19,24H,11-14H2/t17-,18-,19+/m0/s1. The van der Waals surface area contributed by atoms with Gasteiger partial charge >= 0.3 is 0 Å². The van der Waals surface area contributed by atoms with E-state index < -0.39 is 6.04 Å². The van der Waals surface area contributed by atoms with Crippen molar-refractivity contribution in [1.82, 2.24) is 4.90 Å². The highest BCUT2D eigenvalue weighted by Gasteiger charge is 2.46. The molecule has 2 aromatic rings. The Morgan fingerprint density at radius 2 is 1.77 bits per heavy atom. The summed E-state index contributed by atoms with van der Waals surface area (Å²) in [6, 6.07) is 19.1. The Morgan fingerprint density at radius 1 is 1.08 bits per heavy atom. The Kier molecular flexibility index (Phi) is 4.71. The minimum Gasteiger partial charge on any atom is -0.471 e. The van der Waals surface area contributed by atoms with Crippen molar-refractivity contribution >= 4 is 11.8 Å². The molecule has 0 unspecified atom stereocenters. The molecule has 5 nitrogen and oxygen atoms in total. The van der Waals surface area contributed by atoms with Crippen LogP contribution in [0.5, 0.6) is 0 Å². The number of aliphatic imine (C=N–C) groups is 1. The minimum absolute atomic E-state index is 0.0190. The molecule has 0 saturated carbocycles. The van der Waals surface area contributed by atoms with Crippen molar-refractivity contribution in [1.29, 1.82) is 0 Å². The van der Waals surface area contributed by atoms with Gasteiger partial charge in [-0.05, 0) is 24.1 Å². The summed E-state index contributed by atoms with van der Waals surface area (Å²) in [5.74, 6) is 0.521. The molecule has 1 amide bonds. The summed E-state index contributed by atoms with van der Waals surface area (Å²) in [7, 11) is 0. The number of carbonyl (C=O) groups excluding carboxylic acids is 1. The summed E-state index contributed by atoms with van der Waals surface area (Å²) in [5.41, 5.74) is 1.97. The molecule has 2 heterocycles. The van der Waals surface area contributed by atoms with Crippen LogP contribution in [0.4, 0.5) is 0 Å². The van der Waals surface area contributed by atoms with Crippen LogP contribution >= 0.6 is 0 Å². The van der Waals surface area contributed by atoms with Crippen molar-refractivity contribution in [2.75, 3.05) is 6.61 Å². The van der Waals surface area contributed by atoms with Gasteiger partial charge in [0.25, 0.3) is 5.91 Å². The first-order chi connectivity index (χ1) is 12.8. The number of nitrogens with zero attached hydrogens (tertiary/aromatic N) is 2. The number of likely N-dealkylation sites (tertiary alicyclic amines) is 1. The highest BCUT2D eigenvalue weighted by atomic mass is 16.5. The van der Waals surface area contributed by atoms with Crippen LogP contribution in [0.1, 0.15) is 24.0 Å². The van der Waals surface area contributed by atoms with E-state index >= 15 is 0 Å². The molecule has 2 aliphatic rings. The Hall–Kier alpha value is -2.66. The first-order valence-electron chi connectivity index (χ1n) is 9.01. The molecule has 2 aromatic carbocycles. The zero-order valence-electron chi connectivity index (χ0n) is 14.5. The lowest BCUT2D eigenvalue weighted by Gasteiger charge is -2.39. The van der Waals surface area contributed by atoms with E-state index in [2.05, 4.69) is 4.99 Å². The van der Waals surface area contributed by atoms with Crippen LogP contribution in [-0.2, 0) is 16.1 Å². The van der Waals surface area contributed by atoms with Crippen molar-refractivity contribution in [3.8, 4) is 0 Å². The SMILES string of the molecule is O=C1[C@@H]2N=C(c3ccccc3)O[C@H]2C[C@H](CCO)N1Cc1ccccc1. The molecule has 3 atom stereocenters. The van der Waals surface area contributed by atoms with Crippen LogP contribution in [0.2, 0.25) is 0 Å². The Labute approximate surface area is 152 Å². The van der Waals surface area contributed by atoms with Crippen LogP contribution in [0.25, 0.3) is 0 Å². The van der Waals surface area contributed by atoms with E-state index in [0.717, 1.165) is 11.1 Å². The van der Waals surface area contributed by atoms with Crippen LogP contribution in [0.15, 0.2) is 65.7 Å². The molecule has 0 bridgehead atoms. The third-order valence-corrected chi connectivity index (χ3v) is 5.03. The van der Waals surface area contributed by atoms with E-state index in [1.165, 1.54) is 0 Å². The molecule has 4 rings (SSSR count). The molecule has 5 heteroatoms. The second-order valence-corrected chi connectivity index (χ2v) is 6.75. The lowest BCUT2D eigenvalue weighted by Crippen LogP contribution is -2.54. The lowest BCUT2D eigenvalue weighted by molar-refractivity contribution is -0.142.